The smallest absolute Gasteiger partial charge is 0.159 e. The summed E-state index contributed by atoms with van der Waals surface area (Å²) < 4.78 is 0. The van der Waals surface area contributed by atoms with E-state index in [1.54, 1.807) is 0 Å². The summed E-state index contributed by atoms with van der Waals surface area (Å²) in [6.45, 7) is 8.03. The van der Waals surface area contributed by atoms with Crippen LogP contribution in [-0.4, -0.2) is 16.4 Å². The molecule has 0 aromatic carbocycles. The molecule has 0 bridgehead atoms. The maximum absolute atomic E-state index is 11.2. The van der Waals surface area contributed by atoms with E-state index < -0.39 is 0 Å². The molecule has 0 fully saturated rings. The van der Waals surface area contributed by atoms with Gasteiger partial charge in [0, 0.05) is 24.0 Å². The number of aliphatic hydroxyl groups is 1. The van der Waals surface area contributed by atoms with Crippen LogP contribution in [0.15, 0.2) is 11.8 Å². The summed E-state index contributed by atoms with van der Waals surface area (Å²) in [5.41, 5.74) is 5.55. The second-order valence-electron chi connectivity index (χ2n) is 5.95. The first-order chi connectivity index (χ1) is 6.62. The van der Waals surface area contributed by atoms with Gasteiger partial charge in [0.25, 0.3) is 0 Å². The molecule has 0 aromatic rings. The molecule has 1 atom stereocenters. The van der Waals surface area contributed by atoms with E-state index in [0.717, 1.165) is 6.42 Å². The standard InChI is InChI=1S/C12H21NO2/c1-11(2,7-12(3,4)13)9-5-8(14)6-10(9)15/h6,9,15H,5,7,13H2,1-4H3. The van der Waals surface area contributed by atoms with Gasteiger partial charge in [-0.05, 0) is 25.7 Å². The van der Waals surface area contributed by atoms with Gasteiger partial charge in [-0.3, -0.25) is 4.79 Å². The fourth-order valence-corrected chi connectivity index (χ4v) is 2.60. The molecule has 0 heterocycles. The van der Waals surface area contributed by atoms with Crippen molar-refractivity contribution >= 4 is 5.78 Å². The molecule has 3 heteroatoms. The lowest BCUT2D eigenvalue weighted by molar-refractivity contribution is -0.115. The quantitative estimate of drug-likeness (QED) is 0.752. The molecule has 0 aromatic heterocycles. The van der Waals surface area contributed by atoms with Crippen LogP contribution in [0, 0.1) is 11.3 Å². The van der Waals surface area contributed by atoms with Crippen molar-refractivity contribution in [2.45, 2.75) is 46.1 Å². The minimum Gasteiger partial charge on any atom is -0.512 e. The Morgan fingerprint density at radius 1 is 1.47 bits per heavy atom. The van der Waals surface area contributed by atoms with Crippen LogP contribution in [0.5, 0.6) is 0 Å². The number of rotatable bonds is 3. The number of allylic oxidation sites excluding steroid dienone is 2. The molecule has 3 nitrogen and oxygen atoms in total. The van der Waals surface area contributed by atoms with Gasteiger partial charge >= 0.3 is 0 Å². The van der Waals surface area contributed by atoms with Crippen LogP contribution in [0.2, 0.25) is 0 Å². The third-order valence-corrected chi connectivity index (χ3v) is 2.93. The van der Waals surface area contributed by atoms with Crippen molar-refractivity contribution in [2.24, 2.45) is 17.1 Å². The molecule has 1 rings (SSSR count). The molecule has 3 N–H and O–H groups in total. The van der Waals surface area contributed by atoms with Crippen molar-refractivity contribution in [3.8, 4) is 0 Å². The molecule has 0 radical (unpaired) electrons. The highest BCUT2D eigenvalue weighted by Crippen LogP contribution is 2.42. The van der Waals surface area contributed by atoms with Crippen molar-refractivity contribution in [3.05, 3.63) is 11.8 Å². The second-order valence-corrected chi connectivity index (χ2v) is 5.95. The summed E-state index contributed by atoms with van der Waals surface area (Å²) in [7, 11) is 0. The molecular formula is C12H21NO2. The zero-order valence-electron chi connectivity index (χ0n) is 10.0. The van der Waals surface area contributed by atoms with Crippen LogP contribution in [0.4, 0.5) is 0 Å². The number of hydrogen-bond acceptors (Lipinski definition) is 3. The minimum atomic E-state index is -0.282. The Bertz CT molecular complexity index is 297. The van der Waals surface area contributed by atoms with Crippen LogP contribution < -0.4 is 5.73 Å². The van der Waals surface area contributed by atoms with Gasteiger partial charge in [0.15, 0.2) is 5.78 Å². The van der Waals surface area contributed by atoms with E-state index >= 15 is 0 Å². The molecule has 1 aliphatic rings. The van der Waals surface area contributed by atoms with Crippen LogP contribution in [0.25, 0.3) is 0 Å². The normalized spacial score (nSPS) is 23.1. The van der Waals surface area contributed by atoms with E-state index in [9.17, 15) is 9.90 Å². The number of carbonyl (C=O) groups excluding carboxylic acids is 1. The topological polar surface area (TPSA) is 63.3 Å². The Labute approximate surface area is 91.4 Å². The lowest BCUT2D eigenvalue weighted by Crippen LogP contribution is -2.40. The molecule has 0 spiro atoms. The third kappa shape index (κ3) is 3.06. The Morgan fingerprint density at radius 3 is 2.33 bits per heavy atom. The molecular weight excluding hydrogens is 190 g/mol. The van der Waals surface area contributed by atoms with Gasteiger partial charge in [0.1, 0.15) is 0 Å². The fourth-order valence-electron chi connectivity index (χ4n) is 2.60. The Kier molecular flexibility index (Phi) is 2.97. The van der Waals surface area contributed by atoms with Gasteiger partial charge in [-0.15, -0.1) is 0 Å². The van der Waals surface area contributed by atoms with Gasteiger partial charge in [-0.1, -0.05) is 13.8 Å². The average molecular weight is 211 g/mol. The SMILES string of the molecule is CC(C)(N)CC(C)(C)C1CC(=O)C=C1O. The molecule has 1 aliphatic carbocycles. The maximum Gasteiger partial charge on any atom is 0.159 e. The second kappa shape index (κ2) is 3.63. The zero-order valence-corrected chi connectivity index (χ0v) is 10.0. The Hall–Kier alpha value is -0.830. The van der Waals surface area contributed by atoms with Crippen LogP contribution in [0.3, 0.4) is 0 Å². The summed E-state index contributed by atoms with van der Waals surface area (Å²) in [6.07, 6.45) is 2.53. The van der Waals surface area contributed by atoms with Crippen LogP contribution in [-0.2, 0) is 4.79 Å². The fraction of sp³-hybridized carbons (Fsp3) is 0.750. The number of carbonyl (C=O) groups is 1. The number of aliphatic hydroxyl groups excluding tert-OH is 1. The molecule has 0 saturated carbocycles. The lowest BCUT2D eigenvalue weighted by atomic mass is 9.70. The van der Waals surface area contributed by atoms with E-state index in [1.165, 1.54) is 6.08 Å². The van der Waals surface area contributed by atoms with Crippen molar-refractivity contribution in [3.63, 3.8) is 0 Å². The number of ketones is 1. The molecule has 15 heavy (non-hydrogen) atoms. The third-order valence-electron chi connectivity index (χ3n) is 2.93. The predicted molar refractivity (Wildman–Crippen MR) is 60.5 cm³/mol. The zero-order chi connectivity index (χ0) is 11.9. The van der Waals surface area contributed by atoms with Gasteiger partial charge in [-0.2, -0.15) is 0 Å². The first-order valence-corrected chi connectivity index (χ1v) is 5.34. The van der Waals surface area contributed by atoms with Crippen molar-refractivity contribution in [1.82, 2.24) is 0 Å². The molecule has 1 unspecified atom stereocenters. The summed E-state index contributed by atoms with van der Waals surface area (Å²) in [4.78, 5) is 11.2. The van der Waals surface area contributed by atoms with Gasteiger partial charge in [0.05, 0.1) is 5.76 Å². The van der Waals surface area contributed by atoms with E-state index in [-0.39, 0.29) is 28.4 Å². The number of hydrogen-bond donors (Lipinski definition) is 2. The number of nitrogens with two attached hydrogens (primary N) is 1. The van der Waals surface area contributed by atoms with Crippen LogP contribution >= 0.6 is 0 Å². The van der Waals surface area contributed by atoms with Gasteiger partial charge in [-0.25, -0.2) is 0 Å². The highest BCUT2D eigenvalue weighted by Gasteiger charge is 2.39. The van der Waals surface area contributed by atoms with E-state index in [4.69, 9.17) is 5.73 Å². The summed E-state index contributed by atoms with van der Waals surface area (Å²) >= 11 is 0. The summed E-state index contributed by atoms with van der Waals surface area (Å²) in [6, 6.07) is 0. The summed E-state index contributed by atoms with van der Waals surface area (Å²) in [5.74, 6) is 0.155. The Morgan fingerprint density at radius 2 is 2.00 bits per heavy atom. The average Bonchev–Trinajstić information content (AvgIpc) is 2.24. The maximum atomic E-state index is 11.2. The van der Waals surface area contributed by atoms with Crippen molar-refractivity contribution in [2.75, 3.05) is 0 Å². The first-order valence-electron chi connectivity index (χ1n) is 5.34. The largest absolute Gasteiger partial charge is 0.512 e. The molecule has 86 valence electrons. The first kappa shape index (κ1) is 12.2. The van der Waals surface area contributed by atoms with E-state index in [0.29, 0.717) is 6.42 Å². The minimum absolute atomic E-state index is 0.0143. The Balaban J connectivity index is 2.79. The lowest BCUT2D eigenvalue weighted by Gasteiger charge is -2.36. The predicted octanol–water partition coefficient (Wildman–Crippen LogP) is 2.17. The monoisotopic (exact) mass is 211 g/mol. The van der Waals surface area contributed by atoms with Crippen molar-refractivity contribution < 1.29 is 9.90 Å². The van der Waals surface area contributed by atoms with E-state index in [2.05, 4.69) is 13.8 Å². The highest BCUT2D eigenvalue weighted by atomic mass is 16.3. The van der Waals surface area contributed by atoms with E-state index in [1.807, 2.05) is 13.8 Å². The molecule has 0 amide bonds. The molecule has 0 aliphatic heterocycles. The van der Waals surface area contributed by atoms with Crippen molar-refractivity contribution in [1.29, 1.82) is 0 Å². The van der Waals surface area contributed by atoms with Gasteiger partial charge in [0.2, 0.25) is 0 Å². The molecule has 0 saturated heterocycles. The summed E-state index contributed by atoms with van der Waals surface area (Å²) in [5, 5.41) is 9.69. The highest BCUT2D eigenvalue weighted by molar-refractivity contribution is 5.93. The van der Waals surface area contributed by atoms with Gasteiger partial charge < -0.3 is 10.8 Å². The van der Waals surface area contributed by atoms with Crippen LogP contribution in [0.1, 0.15) is 40.5 Å².